The fourth-order valence-electron chi connectivity index (χ4n) is 4.60. The molecular formula is C25H35N5O5S. The number of sulfonamides is 1. The lowest BCUT2D eigenvalue weighted by atomic mass is 10.1. The number of aryl methyl sites for hydroxylation is 2. The van der Waals surface area contributed by atoms with Gasteiger partial charge in [0.25, 0.3) is 5.56 Å². The molecule has 3 heterocycles. The maximum absolute atomic E-state index is 13.7. The van der Waals surface area contributed by atoms with Gasteiger partial charge in [-0.1, -0.05) is 13.8 Å². The van der Waals surface area contributed by atoms with E-state index in [0.717, 1.165) is 12.8 Å². The van der Waals surface area contributed by atoms with Crippen molar-refractivity contribution in [2.24, 2.45) is 5.92 Å². The first-order valence-corrected chi connectivity index (χ1v) is 14.1. The summed E-state index contributed by atoms with van der Waals surface area (Å²) in [7, 11) is -3.79. The van der Waals surface area contributed by atoms with Crippen molar-refractivity contribution in [1.82, 2.24) is 23.9 Å². The minimum absolute atomic E-state index is 0.131. The Labute approximate surface area is 211 Å². The summed E-state index contributed by atoms with van der Waals surface area (Å²) in [5.41, 5.74) is 1.06. The third kappa shape index (κ3) is 5.18. The van der Waals surface area contributed by atoms with Crippen LogP contribution in [0.25, 0.3) is 16.9 Å². The molecule has 0 saturated carbocycles. The van der Waals surface area contributed by atoms with E-state index in [9.17, 15) is 13.2 Å². The third-order valence-corrected chi connectivity index (χ3v) is 8.18. The molecular weight excluding hydrogens is 482 g/mol. The number of benzene rings is 1. The highest BCUT2D eigenvalue weighted by Crippen LogP contribution is 2.32. The van der Waals surface area contributed by atoms with Crippen LogP contribution in [-0.2, 0) is 21.2 Å². The fourth-order valence-corrected chi connectivity index (χ4v) is 6.24. The molecule has 1 atom stereocenters. The number of aromatic nitrogens is 4. The molecule has 1 aromatic carbocycles. The fraction of sp³-hybridized carbons (Fsp3) is 0.560. The van der Waals surface area contributed by atoms with Crippen molar-refractivity contribution >= 4 is 15.5 Å². The van der Waals surface area contributed by atoms with Crippen molar-refractivity contribution in [2.45, 2.75) is 58.3 Å². The standard InChI is InChI=1S/C25H35N5O5S/c1-5-8-22-26-17(4)23-25(31)27-24(28-30(22)23)20-14-19(9-10-21(20)35-7-3)36(32,33)29(12-6-2)15-18-11-13-34-16-18/h9-10,14,18H,5-8,11-13,15-16H2,1-4H3,(H,27,28,31). The summed E-state index contributed by atoms with van der Waals surface area (Å²) in [5, 5.41) is 4.67. The highest BCUT2D eigenvalue weighted by Gasteiger charge is 2.29. The van der Waals surface area contributed by atoms with E-state index in [-0.39, 0.29) is 22.2 Å². The van der Waals surface area contributed by atoms with E-state index in [0.29, 0.717) is 74.1 Å². The lowest BCUT2D eigenvalue weighted by Gasteiger charge is -2.24. The summed E-state index contributed by atoms with van der Waals surface area (Å²) < 4.78 is 41.8. The van der Waals surface area contributed by atoms with Gasteiger partial charge in [-0.25, -0.2) is 17.9 Å². The molecule has 0 radical (unpaired) electrons. The molecule has 36 heavy (non-hydrogen) atoms. The first-order chi connectivity index (χ1) is 17.3. The predicted octanol–water partition coefficient (Wildman–Crippen LogP) is 3.18. The lowest BCUT2D eigenvalue weighted by molar-refractivity contribution is 0.180. The first-order valence-electron chi connectivity index (χ1n) is 12.6. The normalized spacial score (nSPS) is 16.3. The van der Waals surface area contributed by atoms with E-state index < -0.39 is 10.0 Å². The molecule has 10 nitrogen and oxygen atoms in total. The highest BCUT2D eigenvalue weighted by molar-refractivity contribution is 7.89. The number of hydrogen-bond donors (Lipinski definition) is 1. The van der Waals surface area contributed by atoms with Gasteiger partial charge in [-0.2, -0.15) is 4.31 Å². The van der Waals surface area contributed by atoms with Gasteiger partial charge in [-0.05, 0) is 57.2 Å². The van der Waals surface area contributed by atoms with E-state index in [4.69, 9.17) is 9.47 Å². The van der Waals surface area contributed by atoms with Crippen molar-refractivity contribution < 1.29 is 17.9 Å². The molecule has 1 saturated heterocycles. The molecule has 2 aromatic heterocycles. The van der Waals surface area contributed by atoms with Gasteiger partial charge < -0.3 is 14.5 Å². The highest BCUT2D eigenvalue weighted by atomic mass is 32.2. The Morgan fingerprint density at radius 3 is 2.72 bits per heavy atom. The molecule has 3 aromatic rings. The molecule has 0 amide bonds. The molecule has 1 fully saturated rings. The van der Waals surface area contributed by atoms with Gasteiger partial charge in [-0.3, -0.25) is 4.79 Å². The number of imidazole rings is 1. The average Bonchev–Trinajstić information content (AvgIpc) is 3.47. The second-order valence-corrected chi connectivity index (χ2v) is 11.0. The van der Waals surface area contributed by atoms with Gasteiger partial charge in [0, 0.05) is 26.1 Å². The number of fused-ring (bicyclic) bond motifs is 1. The SMILES string of the molecule is CCCc1nc(C)c2c(=O)[nH]c(-c3cc(S(=O)(=O)N(CCC)CC4CCOC4)ccc3OCC)nn12. The number of nitrogens with one attached hydrogen (secondary N) is 1. The number of nitrogens with zero attached hydrogens (tertiary/aromatic N) is 4. The summed E-state index contributed by atoms with van der Waals surface area (Å²) in [6, 6.07) is 4.73. The smallest absolute Gasteiger partial charge is 0.277 e. The van der Waals surface area contributed by atoms with Gasteiger partial charge in [0.15, 0.2) is 11.3 Å². The molecule has 1 aliphatic heterocycles. The second-order valence-electron chi connectivity index (χ2n) is 9.11. The summed E-state index contributed by atoms with van der Waals surface area (Å²) in [4.78, 5) is 20.5. The number of hydrogen-bond acceptors (Lipinski definition) is 7. The van der Waals surface area contributed by atoms with Gasteiger partial charge in [-0.15, -0.1) is 5.10 Å². The van der Waals surface area contributed by atoms with Crippen LogP contribution < -0.4 is 10.3 Å². The summed E-state index contributed by atoms with van der Waals surface area (Å²) in [5.74, 6) is 1.54. The second kappa shape index (κ2) is 11.1. The molecule has 0 bridgehead atoms. The quantitative estimate of drug-likeness (QED) is 0.415. The van der Waals surface area contributed by atoms with Crippen LogP contribution in [0, 0.1) is 12.8 Å². The summed E-state index contributed by atoms with van der Waals surface area (Å²) >= 11 is 0. The van der Waals surface area contributed by atoms with E-state index in [1.807, 2.05) is 20.8 Å². The zero-order valence-corrected chi connectivity index (χ0v) is 22.2. The van der Waals surface area contributed by atoms with E-state index >= 15 is 0 Å². The number of rotatable bonds is 11. The van der Waals surface area contributed by atoms with E-state index in [1.54, 1.807) is 29.6 Å². The molecule has 4 rings (SSSR count). The maximum atomic E-state index is 13.7. The Hall–Kier alpha value is -2.76. The van der Waals surface area contributed by atoms with Crippen molar-refractivity contribution in [3.8, 4) is 17.1 Å². The van der Waals surface area contributed by atoms with Crippen LogP contribution in [0.5, 0.6) is 5.75 Å². The minimum Gasteiger partial charge on any atom is -0.493 e. The van der Waals surface area contributed by atoms with Crippen molar-refractivity contribution in [2.75, 3.05) is 32.9 Å². The van der Waals surface area contributed by atoms with Gasteiger partial charge in [0.05, 0.1) is 29.4 Å². The van der Waals surface area contributed by atoms with E-state index in [2.05, 4.69) is 15.1 Å². The van der Waals surface area contributed by atoms with Gasteiger partial charge >= 0.3 is 0 Å². The van der Waals surface area contributed by atoms with Crippen LogP contribution in [-0.4, -0.2) is 65.2 Å². The molecule has 1 N–H and O–H groups in total. The first kappa shape index (κ1) is 26.3. The van der Waals surface area contributed by atoms with E-state index in [1.165, 1.54) is 4.31 Å². The van der Waals surface area contributed by atoms with Crippen LogP contribution in [0.3, 0.4) is 0 Å². The number of ether oxygens (including phenoxy) is 2. The minimum atomic E-state index is -3.79. The van der Waals surface area contributed by atoms with Crippen molar-refractivity contribution in [3.05, 3.63) is 40.1 Å². The molecule has 11 heteroatoms. The summed E-state index contributed by atoms with van der Waals surface area (Å²) in [6.45, 7) is 10.0. The van der Waals surface area contributed by atoms with Crippen molar-refractivity contribution in [1.29, 1.82) is 0 Å². The predicted molar refractivity (Wildman–Crippen MR) is 137 cm³/mol. The van der Waals surface area contributed by atoms with Crippen LogP contribution in [0.4, 0.5) is 0 Å². The lowest BCUT2D eigenvalue weighted by Crippen LogP contribution is -2.36. The Kier molecular flexibility index (Phi) is 8.11. The topological polar surface area (TPSA) is 119 Å². The Morgan fingerprint density at radius 2 is 2.06 bits per heavy atom. The largest absolute Gasteiger partial charge is 0.493 e. The zero-order valence-electron chi connectivity index (χ0n) is 21.4. The van der Waals surface area contributed by atoms with Gasteiger partial charge in [0.2, 0.25) is 10.0 Å². The Bertz CT molecular complexity index is 1380. The van der Waals surface area contributed by atoms with Crippen LogP contribution in [0.2, 0.25) is 0 Å². The Balaban J connectivity index is 1.82. The molecule has 0 aliphatic carbocycles. The monoisotopic (exact) mass is 517 g/mol. The van der Waals surface area contributed by atoms with Crippen LogP contribution in [0.15, 0.2) is 27.9 Å². The maximum Gasteiger partial charge on any atom is 0.277 e. The molecule has 196 valence electrons. The summed E-state index contributed by atoms with van der Waals surface area (Å²) in [6.07, 6.45) is 3.05. The molecule has 0 spiro atoms. The Morgan fingerprint density at radius 1 is 1.25 bits per heavy atom. The average molecular weight is 518 g/mol. The third-order valence-electron chi connectivity index (χ3n) is 6.32. The number of aromatic amines is 1. The van der Waals surface area contributed by atoms with Crippen LogP contribution >= 0.6 is 0 Å². The molecule has 1 unspecified atom stereocenters. The number of H-pyrrole nitrogens is 1. The molecule has 1 aliphatic rings. The van der Waals surface area contributed by atoms with Crippen molar-refractivity contribution in [3.63, 3.8) is 0 Å². The van der Waals surface area contributed by atoms with Gasteiger partial charge in [0.1, 0.15) is 11.6 Å². The zero-order chi connectivity index (χ0) is 25.9. The van der Waals surface area contributed by atoms with Crippen LogP contribution in [0.1, 0.15) is 51.6 Å².